The van der Waals surface area contributed by atoms with E-state index in [0.29, 0.717) is 6.42 Å². The van der Waals surface area contributed by atoms with Gasteiger partial charge in [-0.1, -0.05) is 43.7 Å². The van der Waals surface area contributed by atoms with Gasteiger partial charge in [0, 0.05) is 6.04 Å². The van der Waals surface area contributed by atoms with Crippen LogP contribution in [0.5, 0.6) is 0 Å². The summed E-state index contributed by atoms with van der Waals surface area (Å²) in [5.74, 6) is -0.903. The van der Waals surface area contributed by atoms with Crippen LogP contribution in [0.1, 0.15) is 44.7 Å². The topological polar surface area (TPSA) is 78.4 Å². The molecule has 0 aromatic heterocycles. The van der Waals surface area contributed by atoms with E-state index in [9.17, 15) is 9.59 Å². The normalized spacial score (nSPS) is 13.3. The lowest BCUT2D eigenvalue weighted by atomic mass is 10.1. The second-order valence-corrected chi connectivity index (χ2v) is 4.83. The molecule has 5 heteroatoms. The highest BCUT2D eigenvalue weighted by molar-refractivity contribution is 5.76. The van der Waals surface area contributed by atoms with Gasteiger partial charge in [0.15, 0.2) is 0 Å². The molecule has 0 heterocycles. The molecule has 1 aromatic carbocycles. The van der Waals surface area contributed by atoms with Crippen molar-refractivity contribution >= 4 is 12.0 Å². The maximum Gasteiger partial charge on any atom is 0.315 e. The summed E-state index contributed by atoms with van der Waals surface area (Å²) < 4.78 is 0. The van der Waals surface area contributed by atoms with Gasteiger partial charge in [0.25, 0.3) is 0 Å². The van der Waals surface area contributed by atoms with Crippen LogP contribution in [0, 0.1) is 0 Å². The summed E-state index contributed by atoms with van der Waals surface area (Å²) in [4.78, 5) is 22.6. The predicted octanol–water partition coefficient (Wildman–Crippen LogP) is 2.69. The summed E-state index contributed by atoms with van der Waals surface area (Å²) in [7, 11) is 0. The van der Waals surface area contributed by atoms with Crippen LogP contribution in [0.2, 0.25) is 0 Å². The van der Waals surface area contributed by atoms with E-state index in [4.69, 9.17) is 5.11 Å². The number of urea groups is 1. The molecule has 0 saturated carbocycles. The Morgan fingerprint density at radius 2 is 1.85 bits per heavy atom. The molecule has 2 unspecified atom stereocenters. The molecule has 3 N–H and O–H groups in total. The van der Waals surface area contributed by atoms with E-state index in [0.717, 1.165) is 12.0 Å². The number of carbonyl (C=O) groups is 2. The molecule has 0 bridgehead atoms. The molecule has 0 spiro atoms. The number of aliphatic carboxylic acids is 1. The highest BCUT2D eigenvalue weighted by Crippen LogP contribution is 2.11. The summed E-state index contributed by atoms with van der Waals surface area (Å²) in [5, 5.41) is 14.3. The summed E-state index contributed by atoms with van der Waals surface area (Å²) in [6, 6.07) is 8.83. The highest BCUT2D eigenvalue weighted by atomic mass is 16.4. The van der Waals surface area contributed by atoms with E-state index >= 15 is 0 Å². The zero-order valence-corrected chi connectivity index (χ0v) is 11.9. The Kier molecular flexibility index (Phi) is 6.56. The molecule has 1 aromatic rings. The van der Waals surface area contributed by atoms with Crippen LogP contribution in [0.25, 0.3) is 0 Å². The number of carboxylic acid groups (broad SMARTS) is 1. The molecule has 0 aliphatic heterocycles. The molecule has 2 atom stereocenters. The van der Waals surface area contributed by atoms with Crippen LogP contribution in [-0.4, -0.2) is 23.1 Å². The fraction of sp³-hybridized carbons (Fsp3) is 0.467. The Morgan fingerprint density at radius 3 is 2.40 bits per heavy atom. The van der Waals surface area contributed by atoms with E-state index < -0.39 is 5.97 Å². The standard InChI is InChI=1S/C15H22N2O3/c1-3-7-13(10-14(18)19)17-15(20)16-11(2)12-8-5-4-6-9-12/h4-6,8-9,11,13H,3,7,10H2,1-2H3,(H,18,19)(H2,16,17,20). The molecule has 5 nitrogen and oxygen atoms in total. The second kappa shape index (κ2) is 8.19. The summed E-state index contributed by atoms with van der Waals surface area (Å²) in [6.07, 6.45) is 1.42. The number of nitrogens with one attached hydrogen (secondary N) is 2. The van der Waals surface area contributed by atoms with Gasteiger partial charge in [0.2, 0.25) is 0 Å². The van der Waals surface area contributed by atoms with Crippen LogP contribution in [0.15, 0.2) is 30.3 Å². The van der Waals surface area contributed by atoms with E-state index in [1.165, 1.54) is 0 Å². The fourth-order valence-corrected chi connectivity index (χ4v) is 2.03. The molecule has 0 aliphatic carbocycles. The molecule has 0 fully saturated rings. The molecule has 1 rings (SSSR count). The maximum absolute atomic E-state index is 11.9. The first-order valence-electron chi connectivity index (χ1n) is 6.86. The predicted molar refractivity (Wildman–Crippen MR) is 77.5 cm³/mol. The lowest BCUT2D eigenvalue weighted by Crippen LogP contribution is -2.43. The van der Waals surface area contributed by atoms with Gasteiger partial charge in [-0.3, -0.25) is 4.79 Å². The third-order valence-electron chi connectivity index (χ3n) is 3.04. The highest BCUT2D eigenvalue weighted by Gasteiger charge is 2.16. The summed E-state index contributed by atoms with van der Waals surface area (Å²) in [5.41, 5.74) is 1.01. The monoisotopic (exact) mass is 278 g/mol. The van der Waals surface area contributed by atoms with E-state index in [-0.39, 0.29) is 24.5 Å². The molecule has 0 aliphatic rings. The number of hydrogen-bond donors (Lipinski definition) is 3. The number of carboxylic acids is 1. The smallest absolute Gasteiger partial charge is 0.315 e. The quantitative estimate of drug-likeness (QED) is 0.717. The molecular weight excluding hydrogens is 256 g/mol. The van der Waals surface area contributed by atoms with Crippen molar-refractivity contribution in [2.75, 3.05) is 0 Å². The Labute approximate surface area is 119 Å². The van der Waals surface area contributed by atoms with Gasteiger partial charge in [0.05, 0.1) is 12.5 Å². The van der Waals surface area contributed by atoms with Crippen molar-refractivity contribution in [3.8, 4) is 0 Å². The van der Waals surface area contributed by atoms with E-state index in [1.807, 2.05) is 44.2 Å². The molecule has 110 valence electrons. The van der Waals surface area contributed by atoms with Crippen molar-refractivity contribution < 1.29 is 14.7 Å². The molecule has 0 radical (unpaired) electrons. The van der Waals surface area contributed by atoms with Crippen molar-refractivity contribution in [1.29, 1.82) is 0 Å². The van der Waals surface area contributed by atoms with Crippen LogP contribution < -0.4 is 10.6 Å². The van der Waals surface area contributed by atoms with Crippen molar-refractivity contribution in [3.63, 3.8) is 0 Å². The lowest BCUT2D eigenvalue weighted by Gasteiger charge is -2.19. The second-order valence-electron chi connectivity index (χ2n) is 4.83. The SMILES string of the molecule is CCCC(CC(=O)O)NC(=O)NC(C)c1ccccc1. The summed E-state index contributed by atoms with van der Waals surface area (Å²) in [6.45, 7) is 3.85. The average Bonchev–Trinajstić information content (AvgIpc) is 2.39. The summed E-state index contributed by atoms with van der Waals surface area (Å²) >= 11 is 0. The third kappa shape index (κ3) is 5.73. The van der Waals surface area contributed by atoms with Crippen molar-refractivity contribution in [3.05, 3.63) is 35.9 Å². The zero-order chi connectivity index (χ0) is 15.0. The van der Waals surface area contributed by atoms with Crippen LogP contribution in [0.4, 0.5) is 4.79 Å². The third-order valence-corrected chi connectivity index (χ3v) is 3.04. The Morgan fingerprint density at radius 1 is 1.20 bits per heavy atom. The van der Waals surface area contributed by atoms with Gasteiger partial charge in [-0.05, 0) is 18.9 Å². The van der Waals surface area contributed by atoms with Gasteiger partial charge < -0.3 is 15.7 Å². The van der Waals surface area contributed by atoms with Gasteiger partial charge >= 0.3 is 12.0 Å². The number of rotatable bonds is 7. The van der Waals surface area contributed by atoms with E-state index in [1.54, 1.807) is 0 Å². The van der Waals surface area contributed by atoms with E-state index in [2.05, 4.69) is 10.6 Å². The van der Waals surface area contributed by atoms with Crippen molar-refractivity contribution in [2.24, 2.45) is 0 Å². The van der Waals surface area contributed by atoms with Crippen LogP contribution in [0.3, 0.4) is 0 Å². The number of carbonyl (C=O) groups excluding carboxylic acids is 1. The first-order chi connectivity index (χ1) is 9.52. The van der Waals surface area contributed by atoms with Crippen LogP contribution in [-0.2, 0) is 4.79 Å². The largest absolute Gasteiger partial charge is 0.481 e. The van der Waals surface area contributed by atoms with Gasteiger partial charge in [-0.15, -0.1) is 0 Å². The minimum absolute atomic E-state index is 0.0546. The lowest BCUT2D eigenvalue weighted by molar-refractivity contribution is -0.137. The van der Waals surface area contributed by atoms with Crippen molar-refractivity contribution in [1.82, 2.24) is 10.6 Å². The minimum atomic E-state index is -0.903. The number of amides is 2. The van der Waals surface area contributed by atoms with Gasteiger partial charge in [-0.2, -0.15) is 0 Å². The Balaban J connectivity index is 2.50. The van der Waals surface area contributed by atoms with Gasteiger partial charge in [-0.25, -0.2) is 4.79 Å². The first kappa shape index (κ1) is 16.0. The first-order valence-corrected chi connectivity index (χ1v) is 6.86. The Bertz CT molecular complexity index is 434. The fourth-order valence-electron chi connectivity index (χ4n) is 2.03. The maximum atomic E-state index is 11.9. The molecule has 20 heavy (non-hydrogen) atoms. The minimum Gasteiger partial charge on any atom is -0.481 e. The zero-order valence-electron chi connectivity index (χ0n) is 11.9. The Hall–Kier alpha value is -2.04. The van der Waals surface area contributed by atoms with Gasteiger partial charge in [0.1, 0.15) is 0 Å². The average molecular weight is 278 g/mol. The number of benzene rings is 1. The molecule has 2 amide bonds. The molecular formula is C15H22N2O3. The number of hydrogen-bond acceptors (Lipinski definition) is 2. The van der Waals surface area contributed by atoms with Crippen LogP contribution >= 0.6 is 0 Å². The molecule has 0 saturated heterocycles. The van der Waals surface area contributed by atoms with Crippen molar-refractivity contribution in [2.45, 2.75) is 45.2 Å².